The standard InChI is InChI=1S/C20H45N3Si/c1-7-8-9-10-11-12-13-14-15-16-17-18-21-20(22(2)3)23(4)19-24(5)6/h24H,7-19H2,1-6H3. The molecule has 0 saturated carbocycles. The molecular formula is C20H45N3Si. The third kappa shape index (κ3) is 13.9. The third-order valence-corrected chi connectivity index (χ3v) is 5.67. The van der Waals surface area contributed by atoms with Crippen molar-refractivity contribution in [2.45, 2.75) is 90.6 Å². The monoisotopic (exact) mass is 355 g/mol. The second kappa shape index (κ2) is 16.0. The summed E-state index contributed by atoms with van der Waals surface area (Å²) in [6.45, 7) is 8.06. The van der Waals surface area contributed by atoms with Crippen molar-refractivity contribution < 1.29 is 0 Å². The zero-order chi connectivity index (χ0) is 18.2. The summed E-state index contributed by atoms with van der Waals surface area (Å²) in [4.78, 5) is 9.35. The number of aliphatic imine (C=N–C) groups is 1. The van der Waals surface area contributed by atoms with Crippen LogP contribution in [0.4, 0.5) is 0 Å². The molecule has 0 aliphatic heterocycles. The quantitative estimate of drug-likeness (QED) is 0.185. The van der Waals surface area contributed by atoms with Gasteiger partial charge in [0.15, 0.2) is 5.96 Å². The molecule has 0 fully saturated rings. The van der Waals surface area contributed by atoms with E-state index in [1.165, 1.54) is 76.8 Å². The minimum absolute atomic E-state index is 0.581. The van der Waals surface area contributed by atoms with Crippen LogP contribution in [0.15, 0.2) is 4.99 Å². The van der Waals surface area contributed by atoms with Gasteiger partial charge in [-0.25, -0.2) is 0 Å². The predicted octanol–water partition coefficient (Wildman–Crippen LogP) is 5.17. The van der Waals surface area contributed by atoms with Crippen LogP contribution in [0.2, 0.25) is 13.1 Å². The summed E-state index contributed by atoms with van der Waals surface area (Å²) in [5.41, 5.74) is 0. The van der Waals surface area contributed by atoms with E-state index in [-0.39, 0.29) is 0 Å². The number of unbranched alkanes of at least 4 members (excludes halogenated alkanes) is 10. The van der Waals surface area contributed by atoms with Crippen molar-refractivity contribution in [2.24, 2.45) is 4.99 Å². The fraction of sp³-hybridized carbons (Fsp3) is 0.950. The maximum absolute atomic E-state index is 4.84. The Hall–Kier alpha value is -0.513. The zero-order valence-electron chi connectivity index (χ0n) is 17.6. The topological polar surface area (TPSA) is 18.8 Å². The lowest BCUT2D eigenvalue weighted by Crippen LogP contribution is -2.42. The van der Waals surface area contributed by atoms with E-state index < -0.39 is 8.80 Å². The molecule has 0 aromatic rings. The van der Waals surface area contributed by atoms with E-state index in [1.807, 2.05) is 0 Å². The molecule has 0 aromatic carbocycles. The molecule has 0 aromatic heterocycles. The summed E-state index contributed by atoms with van der Waals surface area (Å²) in [6.07, 6.45) is 16.6. The molecule has 0 rings (SSSR count). The van der Waals surface area contributed by atoms with Gasteiger partial charge in [0.2, 0.25) is 0 Å². The minimum atomic E-state index is -0.581. The molecule has 0 bridgehead atoms. The smallest absolute Gasteiger partial charge is 0.195 e. The van der Waals surface area contributed by atoms with Gasteiger partial charge in [0.05, 0.1) is 8.80 Å². The lowest BCUT2D eigenvalue weighted by Gasteiger charge is -2.27. The number of hydrogen-bond acceptors (Lipinski definition) is 1. The van der Waals surface area contributed by atoms with E-state index in [0.29, 0.717) is 0 Å². The summed E-state index contributed by atoms with van der Waals surface area (Å²) in [5.74, 6) is 1.16. The van der Waals surface area contributed by atoms with Crippen molar-refractivity contribution in [1.29, 1.82) is 0 Å². The van der Waals surface area contributed by atoms with Crippen LogP contribution in [0.1, 0.15) is 77.6 Å². The highest BCUT2D eigenvalue weighted by Crippen LogP contribution is 2.11. The Balaban J connectivity index is 3.67. The van der Waals surface area contributed by atoms with Crippen LogP contribution in [-0.2, 0) is 0 Å². The fourth-order valence-electron chi connectivity index (χ4n) is 3.19. The third-order valence-electron chi connectivity index (χ3n) is 4.40. The van der Waals surface area contributed by atoms with Crippen LogP contribution in [-0.4, -0.2) is 58.4 Å². The average Bonchev–Trinajstić information content (AvgIpc) is 2.50. The van der Waals surface area contributed by atoms with Crippen LogP contribution < -0.4 is 0 Å². The molecule has 3 nitrogen and oxygen atoms in total. The Morgan fingerprint density at radius 3 is 1.62 bits per heavy atom. The molecule has 24 heavy (non-hydrogen) atoms. The van der Waals surface area contributed by atoms with E-state index in [0.717, 1.165) is 12.5 Å². The fourth-order valence-corrected chi connectivity index (χ4v) is 4.45. The van der Waals surface area contributed by atoms with E-state index in [9.17, 15) is 0 Å². The molecule has 0 N–H and O–H groups in total. The van der Waals surface area contributed by atoms with Crippen molar-refractivity contribution in [2.75, 3.05) is 33.9 Å². The first-order valence-corrected chi connectivity index (χ1v) is 13.5. The Bertz CT molecular complexity index is 303. The predicted molar refractivity (Wildman–Crippen MR) is 114 cm³/mol. The summed E-state index contributed by atoms with van der Waals surface area (Å²) in [5, 5.41) is 0. The first-order chi connectivity index (χ1) is 11.5. The largest absolute Gasteiger partial charge is 0.349 e. The number of nitrogens with zero attached hydrogens (tertiary/aromatic N) is 3. The minimum Gasteiger partial charge on any atom is -0.349 e. The van der Waals surface area contributed by atoms with Crippen LogP contribution in [0.25, 0.3) is 0 Å². The van der Waals surface area contributed by atoms with Crippen molar-refractivity contribution in [3.63, 3.8) is 0 Å². The Morgan fingerprint density at radius 1 is 0.750 bits per heavy atom. The second-order valence-electron chi connectivity index (χ2n) is 7.89. The van der Waals surface area contributed by atoms with Gasteiger partial charge in [0.25, 0.3) is 0 Å². The van der Waals surface area contributed by atoms with Crippen molar-refractivity contribution in [1.82, 2.24) is 9.80 Å². The van der Waals surface area contributed by atoms with Gasteiger partial charge in [-0.15, -0.1) is 0 Å². The van der Waals surface area contributed by atoms with E-state index in [4.69, 9.17) is 4.99 Å². The van der Waals surface area contributed by atoms with Crippen LogP contribution in [0.3, 0.4) is 0 Å². The van der Waals surface area contributed by atoms with Crippen molar-refractivity contribution in [3.05, 3.63) is 0 Å². The molecule has 144 valence electrons. The maximum atomic E-state index is 4.84. The van der Waals surface area contributed by atoms with Gasteiger partial charge in [-0.3, -0.25) is 4.99 Å². The molecule has 0 amide bonds. The molecule has 0 heterocycles. The second-order valence-corrected chi connectivity index (χ2v) is 11.0. The van der Waals surface area contributed by atoms with Gasteiger partial charge in [0.1, 0.15) is 0 Å². The number of rotatable bonds is 14. The molecule has 0 aliphatic rings. The first kappa shape index (κ1) is 23.5. The summed E-state index contributed by atoms with van der Waals surface area (Å²) >= 11 is 0. The van der Waals surface area contributed by atoms with Gasteiger partial charge < -0.3 is 9.80 Å². The highest BCUT2D eigenvalue weighted by Gasteiger charge is 2.10. The van der Waals surface area contributed by atoms with E-state index in [2.05, 4.69) is 51.0 Å². The summed E-state index contributed by atoms with van der Waals surface area (Å²) < 4.78 is 0. The van der Waals surface area contributed by atoms with Gasteiger partial charge in [-0.2, -0.15) is 0 Å². The van der Waals surface area contributed by atoms with Gasteiger partial charge in [0, 0.05) is 33.9 Å². The lowest BCUT2D eigenvalue weighted by atomic mass is 10.1. The van der Waals surface area contributed by atoms with Crippen molar-refractivity contribution >= 4 is 14.8 Å². The maximum Gasteiger partial charge on any atom is 0.195 e. The van der Waals surface area contributed by atoms with Crippen LogP contribution in [0, 0.1) is 0 Å². The average molecular weight is 356 g/mol. The SMILES string of the molecule is CCCCCCCCCCCCCN=C(N(C)C)N(C)C[SiH](C)C. The van der Waals surface area contributed by atoms with E-state index >= 15 is 0 Å². The molecule has 0 unspecified atom stereocenters. The first-order valence-electron chi connectivity index (χ1n) is 10.4. The van der Waals surface area contributed by atoms with E-state index in [1.54, 1.807) is 0 Å². The highest BCUT2D eigenvalue weighted by molar-refractivity contribution is 6.56. The van der Waals surface area contributed by atoms with Crippen molar-refractivity contribution in [3.8, 4) is 0 Å². The molecule has 0 saturated heterocycles. The summed E-state index contributed by atoms with van der Waals surface area (Å²) in [6, 6.07) is 0. The molecule has 0 atom stereocenters. The number of hydrogen-bond donors (Lipinski definition) is 0. The normalized spacial score (nSPS) is 12.0. The molecule has 0 spiro atoms. The van der Waals surface area contributed by atoms with Crippen LogP contribution >= 0.6 is 0 Å². The lowest BCUT2D eigenvalue weighted by molar-refractivity contribution is 0.461. The van der Waals surface area contributed by atoms with Gasteiger partial charge >= 0.3 is 0 Å². The Morgan fingerprint density at radius 2 is 1.21 bits per heavy atom. The number of guanidine groups is 1. The Labute approximate surface area is 154 Å². The molecular weight excluding hydrogens is 310 g/mol. The van der Waals surface area contributed by atoms with Gasteiger partial charge in [-0.05, 0) is 6.42 Å². The molecule has 4 heteroatoms. The zero-order valence-corrected chi connectivity index (χ0v) is 18.8. The highest BCUT2D eigenvalue weighted by atomic mass is 28.3. The van der Waals surface area contributed by atoms with Gasteiger partial charge in [-0.1, -0.05) is 84.2 Å². The molecule has 0 aliphatic carbocycles. The molecule has 0 radical (unpaired) electrons. The van der Waals surface area contributed by atoms with Crippen LogP contribution in [0.5, 0.6) is 0 Å². The Kier molecular flexibility index (Phi) is 15.6. The summed E-state index contributed by atoms with van der Waals surface area (Å²) in [7, 11) is 5.82.